The molecule has 20 heavy (non-hydrogen) atoms. The van der Waals surface area contributed by atoms with Crippen molar-refractivity contribution in [2.75, 3.05) is 7.11 Å². The Bertz CT molecular complexity index is 454. The molecule has 0 aliphatic heterocycles. The molecule has 4 heteroatoms. The van der Waals surface area contributed by atoms with Gasteiger partial charge in [0.25, 0.3) is 0 Å². The fourth-order valence-electron chi connectivity index (χ4n) is 2.46. The summed E-state index contributed by atoms with van der Waals surface area (Å²) in [4.78, 5) is 11.9. The summed E-state index contributed by atoms with van der Waals surface area (Å²) in [5.41, 5.74) is 1.03. The Hall–Kier alpha value is -1.42. The topological polar surface area (TPSA) is 38.3 Å². The van der Waals surface area contributed by atoms with Gasteiger partial charge >= 0.3 is 5.97 Å². The van der Waals surface area contributed by atoms with Crippen LogP contribution in [0.5, 0.6) is 0 Å². The number of esters is 1. The van der Waals surface area contributed by atoms with Crippen molar-refractivity contribution in [3.8, 4) is 0 Å². The highest BCUT2D eigenvalue weighted by Crippen LogP contribution is 2.41. The molecule has 1 aromatic carbocycles. The summed E-state index contributed by atoms with van der Waals surface area (Å²) in [5.74, 6) is 0.181. The quantitative estimate of drug-likeness (QED) is 0.813. The fraction of sp³-hybridized carbons (Fsp3) is 0.562. The van der Waals surface area contributed by atoms with Crippen molar-refractivity contribution in [3.05, 3.63) is 35.6 Å². The third-order valence-corrected chi connectivity index (χ3v) is 3.80. The van der Waals surface area contributed by atoms with Crippen LogP contribution in [0.2, 0.25) is 0 Å². The summed E-state index contributed by atoms with van der Waals surface area (Å²) < 4.78 is 17.9. The molecule has 1 aliphatic rings. The predicted octanol–water partition coefficient (Wildman–Crippen LogP) is 3.06. The zero-order valence-electron chi connectivity index (χ0n) is 12.2. The maximum absolute atomic E-state index is 13.0. The summed E-state index contributed by atoms with van der Waals surface area (Å²) in [6.07, 6.45) is 2.28. The summed E-state index contributed by atoms with van der Waals surface area (Å²) in [7, 11) is 1.41. The highest BCUT2D eigenvalue weighted by molar-refractivity contribution is 5.76. The molecule has 0 amide bonds. The van der Waals surface area contributed by atoms with E-state index in [1.165, 1.54) is 19.2 Å². The molecule has 1 fully saturated rings. The van der Waals surface area contributed by atoms with Crippen LogP contribution < -0.4 is 5.32 Å². The molecule has 2 atom stereocenters. The summed E-state index contributed by atoms with van der Waals surface area (Å²) in [6, 6.07) is 6.27. The Kier molecular flexibility index (Phi) is 4.76. The second kappa shape index (κ2) is 6.35. The second-order valence-corrected chi connectivity index (χ2v) is 5.78. The number of rotatable bonds is 6. The van der Waals surface area contributed by atoms with Gasteiger partial charge in [-0.05, 0) is 42.4 Å². The molecular formula is C16H22FNO2. The normalized spacial score (nSPS) is 17.9. The van der Waals surface area contributed by atoms with Crippen LogP contribution in [0.4, 0.5) is 4.39 Å². The smallest absolute Gasteiger partial charge is 0.323 e. The first-order chi connectivity index (χ1) is 9.52. The van der Waals surface area contributed by atoms with Gasteiger partial charge in [0.15, 0.2) is 0 Å². The minimum Gasteiger partial charge on any atom is -0.468 e. The van der Waals surface area contributed by atoms with Gasteiger partial charge in [-0.15, -0.1) is 0 Å². The van der Waals surface area contributed by atoms with E-state index in [1.807, 2.05) is 13.8 Å². The predicted molar refractivity (Wildman–Crippen MR) is 75.6 cm³/mol. The van der Waals surface area contributed by atoms with Crippen LogP contribution in [0.15, 0.2) is 24.3 Å². The lowest BCUT2D eigenvalue weighted by Crippen LogP contribution is -2.44. The van der Waals surface area contributed by atoms with Crippen LogP contribution >= 0.6 is 0 Å². The van der Waals surface area contributed by atoms with Gasteiger partial charge in [0.05, 0.1) is 7.11 Å². The van der Waals surface area contributed by atoms with Crippen LogP contribution in [0.25, 0.3) is 0 Å². The first-order valence-corrected chi connectivity index (χ1v) is 7.12. The average Bonchev–Trinajstić information content (AvgIpc) is 3.24. The number of carbonyl (C=O) groups excluding carboxylic acids is 1. The molecule has 1 aliphatic carbocycles. The highest BCUT2D eigenvalue weighted by atomic mass is 19.1. The van der Waals surface area contributed by atoms with Gasteiger partial charge in [0.1, 0.15) is 11.9 Å². The Balaban J connectivity index is 2.16. The molecule has 0 saturated heterocycles. The van der Waals surface area contributed by atoms with Gasteiger partial charge in [-0.25, -0.2) is 4.39 Å². The van der Waals surface area contributed by atoms with Crippen LogP contribution in [0.3, 0.4) is 0 Å². The van der Waals surface area contributed by atoms with Crippen molar-refractivity contribution in [1.82, 2.24) is 5.32 Å². The molecule has 110 valence electrons. The van der Waals surface area contributed by atoms with Crippen molar-refractivity contribution in [2.45, 2.75) is 38.8 Å². The van der Waals surface area contributed by atoms with E-state index >= 15 is 0 Å². The zero-order valence-corrected chi connectivity index (χ0v) is 12.2. The van der Waals surface area contributed by atoms with E-state index < -0.39 is 0 Å². The molecule has 0 heterocycles. The first-order valence-electron chi connectivity index (χ1n) is 7.12. The molecule has 0 radical (unpaired) electrons. The minimum absolute atomic E-state index is 0.0853. The summed E-state index contributed by atoms with van der Waals surface area (Å²) in [6.45, 7) is 3.98. The van der Waals surface area contributed by atoms with E-state index in [9.17, 15) is 9.18 Å². The van der Waals surface area contributed by atoms with Gasteiger partial charge in [0.2, 0.25) is 0 Å². The zero-order chi connectivity index (χ0) is 14.7. The Morgan fingerprint density at radius 3 is 2.35 bits per heavy atom. The lowest BCUT2D eigenvalue weighted by atomic mass is 9.97. The number of halogens is 1. The van der Waals surface area contributed by atoms with Gasteiger partial charge in [-0.3, -0.25) is 10.1 Å². The summed E-state index contributed by atoms with van der Waals surface area (Å²) in [5, 5.41) is 3.40. The largest absolute Gasteiger partial charge is 0.468 e. The third kappa shape index (κ3) is 3.57. The molecule has 1 saturated carbocycles. The van der Waals surface area contributed by atoms with E-state index in [0.29, 0.717) is 5.92 Å². The molecule has 0 spiro atoms. The van der Waals surface area contributed by atoms with Gasteiger partial charge in [-0.1, -0.05) is 26.0 Å². The lowest BCUT2D eigenvalue weighted by Gasteiger charge is -2.27. The molecule has 0 bridgehead atoms. The lowest BCUT2D eigenvalue weighted by molar-refractivity contribution is -0.144. The maximum Gasteiger partial charge on any atom is 0.323 e. The van der Waals surface area contributed by atoms with Gasteiger partial charge in [0, 0.05) is 6.04 Å². The molecule has 1 unspecified atom stereocenters. The van der Waals surface area contributed by atoms with E-state index in [-0.39, 0.29) is 29.8 Å². The van der Waals surface area contributed by atoms with Crippen molar-refractivity contribution < 1.29 is 13.9 Å². The molecule has 1 aromatic rings. The molecule has 1 N–H and O–H groups in total. The van der Waals surface area contributed by atoms with Crippen LogP contribution in [-0.4, -0.2) is 19.1 Å². The van der Waals surface area contributed by atoms with E-state index in [4.69, 9.17) is 4.74 Å². The van der Waals surface area contributed by atoms with Gasteiger partial charge < -0.3 is 4.74 Å². The van der Waals surface area contributed by atoms with E-state index in [2.05, 4.69) is 5.32 Å². The van der Waals surface area contributed by atoms with Crippen LogP contribution in [0, 0.1) is 17.7 Å². The number of carbonyl (C=O) groups is 1. The number of benzene rings is 1. The van der Waals surface area contributed by atoms with Crippen molar-refractivity contribution in [3.63, 3.8) is 0 Å². The molecule has 0 aromatic heterocycles. The monoisotopic (exact) mass is 279 g/mol. The van der Waals surface area contributed by atoms with Crippen molar-refractivity contribution in [1.29, 1.82) is 0 Å². The Labute approximate surface area is 119 Å². The molecule has 3 nitrogen and oxygen atoms in total. The SMILES string of the molecule is COC(=O)[C@@H](NC(c1ccc(F)cc1)C1CC1)C(C)C. The highest BCUT2D eigenvalue weighted by Gasteiger charge is 2.36. The second-order valence-electron chi connectivity index (χ2n) is 5.78. The number of nitrogens with one attached hydrogen (secondary N) is 1. The fourth-order valence-corrected chi connectivity index (χ4v) is 2.46. The van der Waals surface area contributed by atoms with Crippen LogP contribution in [-0.2, 0) is 9.53 Å². The van der Waals surface area contributed by atoms with E-state index in [0.717, 1.165) is 18.4 Å². The maximum atomic E-state index is 13.0. The van der Waals surface area contributed by atoms with Crippen molar-refractivity contribution >= 4 is 5.97 Å². The van der Waals surface area contributed by atoms with Crippen LogP contribution in [0.1, 0.15) is 38.3 Å². The van der Waals surface area contributed by atoms with Gasteiger partial charge in [-0.2, -0.15) is 0 Å². The standard InChI is InChI=1S/C16H22FNO2/c1-10(2)14(16(19)20-3)18-15(11-4-5-11)12-6-8-13(17)9-7-12/h6-11,14-15,18H,4-5H2,1-3H3/t14-,15?/m0/s1. The number of hydrogen-bond acceptors (Lipinski definition) is 3. The van der Waals surface area contributed by atoms with Crippen molar-refractivity contribution in [2.24, 2.45) is 11.8 Å². The first kappa shape index (κ1) is 15.0. The number of methoxy groups -OCH3 is 1. The van der Waals surface area contributed by atoms with E-state index in [1.54, 1.807) is 12.1 Å². The molecule has 2 rings (SSSR count). The Morgan fingerprint density at radius 2 is 1.90 bits per heavy atom. The number of hydrogen-bond donors (Lipinski definition) is 1. The third-order valence-electron chi connectivity index (χ3n) is 3.80. The average molecular weight is 279 g/mol. The summed E-state index contributed by atoms with van der Waals surface area (Å²) >= 11 is 0. The Morgan fingerprint density at radius 1 is 1.30 bits per heavy atom. The minimum atomic E-state index is -0.337. The number of ether oxygens (including phenoxy) is 1. The molecular weight excluding hydrogens is 257 g/mol.